The minimum absolute atomic E-state index is 0. The molecule has 0 aliphatic carbocycles. The van der Waals surface area contributed by atoms with Crippen LogP contribution >= 0.6 is 24.0 Å². The second-order valence-electron chi connectivity index (χ2n) is 6.97. The molecule has 0 radical (unpaired) electrons. The highest BCUT2D eigenvalue weighted by molar-refractivity contribution is 14.0. The van der Waals surface area contributed by atoms with E-state index in [2.05, 4.69) is 31.3 Å². The van der Waals surface area contributed by atoms with Gasteiger partial charge in [-0.25, -0.2) is 4.99 Å². The molecule has 9 heteroatoms. The molecule has 0 amide bonds. The normalized spacial score (nSPS) is 16.1. The molecule has 1 heterocycles. The third kappa shape index (κ3) is 7.41. The van der Waals surface area contributed by atoms with Gasteiger partial charge in [-0.15, -0.1) is 24.0 Å². The Balaban J connectivity index is 0.00000341. The third-order valence-corrected chi connectivity index (χ3v) is 4.84. The maximum Gasteiger partial charge on any atom is 0.387 e. The second-order valence-corrected chi connectivity index (χ2v) is 6.97. The van der Waals surface area contributed by atoms with Crippen molar-refractivity contribution in [1.82, 2.24) is 10.6 Å². The van der Waals surface area contributed by atoms with Gasteiger partial charge in [-0.05, 0) is 43.2 Å². The summed E-state index contributed by atoms with van der Waals surface area (Å²) < 4.78 is 34.8. The van der Waals surface area contributed by atoms with Crippen molar-refractivity contribution in [1.29, 1.82) is 0 Å². The number of nitrogens with one attached hydrogen (secondary N) is 2. The summed E-state index contributed by atoms with van der Waals surface area (Å²) in [4.78, 5) is 6.90. The van der Waals surface area contributed by atoms with Crippen LogP contribution < -0.4 is 25.0 Å². The third-order valence-electron chi connectivity index (χ3n) is 4.84. The van der Waals surface area contributed by atoms with Gasteiger partial charge in [-0.2, -0.15) is 8.78 Å². The van der Waals surface area contributed by atoms with E-state index in [1.54, 1.807) is 19.2 Å². The number of benzene rings is 2. The van der Waals surface area contributed by atoms with E-state index in [9.17, 15) is 8.78 Å². The highest BCUT2D eigenvalue weighted by Crippen LogP contribution is 2.30. The fourth-order valence-electron chi connectivity index (χ4n) is 3.49. The van der Waals surface area contributed by atoms with Crippen molar-refractivity contribution >= 4 is 35.6 Å². The number of rotatable bonds is 8. The van der Waals surface area contributed by atoms with Crippen molar-refractivity contribution in [2.24, 2.45) is 4.99 Å². The van der Waals surface area contributed by atoms with Crippen LogP contribution in [0, 0.1) is 0 Å². The topological polar surface area (TPSA) is 58.1 Å². The standard InChI is InChI=1S/C22H28F2N4O2.HI/c1-3-25-22(26-14-16-7-6-8-18(13-16)30-21(23)24)27-17-11-12-28(15-17)19-9-4-5-10-20(19)29-2;/h4-10,13,17,21H,3,11-12,14-15H2,1-2H3,(H2,25,26,27);1H. The first-order valence-corrected chi connectivity index (χ1v) is 10.1. The summed E-state index contributed by atoms with van der Waals surface area (Å²) in [5, 5.41) is 6.72. The van der Waals surface area contributed by atoms with Gasteiger partial charge in [0, 0.05) is 25.7 Å². The lowest BCUT2D eigenvalue weighted by Gasteiger charge is -2.22. The first-order chi connectivity index (χ1) is 14.6. The zero-order valence-electron chi connectivity index (χ0n) is 17.7. The number of alkyl halides is 2. The Morgan fingerprint density at radius 1 is 1.23 bits per heavy atom. The molecule has 0 aromatic heterocycles. The number of anilines is 1. The van der Waals surface area contributed by atoms with Gasteiger partial charge in [0.25, 0.3) is 0 Å². The molecule has 2 aromatic rings. The monoisotopic (exact) mass is 546 g/mol. The summed E-state index contributed by atoms with van der Waals surface area (Å²) in [6.07, 6.45) is 0.972. The Kier molecular flexibility index (Phi) is 10.1. The lowest BCUT2D eigenvalue weighted by atomic mass is 10.2. The Morgan fingerprint density at radius 2 is 2.03 bits per heavy atom. The maximum atomic E-state index is 12.4. The van der Waals surface area contributed by atoms with Crippen LogP contribution in [-0.4, -0.2) is 45.4 Å². The van der Waals surface area contributed by atoms with Crippen LogP contribution in [0.1, 0.15) is 18.9 Å². The van der Waals surface area contributed by atoms with Crippen molar-refractivity contribution in [2.45, 2.75) is 32.5 Å². The molecule has 2 N–H and O–H groups in total. The second kappa shape index (κ2) is 12.5. The van der Waals surface area contributed by atoms with E-state index >= 15 is 0 Å². The van der Waals surface area contributed by atoms with Crippen LogP contribution in [0.4, 0.5) is 14.5 Å². The summed E-state index contributed by atoms with van der Waals surface area (Å²) in [5.41, 5.74) is 1.88. The Morgan fingerprint density at radius 3 is 2.77 bits per heavy atom. The molecular weight excluding hydrogens is 517 g/mol. The van der Waals surface area contributed by atoms with E-state index in [0.29, 0.717) is 12.5 Å². The molecule has 3 rings (SSSR count). The first kappa shape index (κ1) is 25.0. The molecule has 0 bridgehead atoms. The zero-order chi connectivity index (χ0) is 21.3. The molecule has 170 valence electrons. The van der Waals surface area contributed by atoms with Gasteiger partial charge in [0.15, 0.2) is 5.96 Å². The number of aliphatic imine (C=N–C) groups is 1. The lowest BCUT2D eigenvalue weighted by Crippen LogP contribution is -2.44. The number of para-hydroxylation sites is 2. The molecule has 6 nitrogen and oxygen atoms in total. The fraction of sp³-hybridized carbons (Fsp3) is 0.409. The molecular formula is C22H29F2IN4O2. The van der Waals surface area contributed by atoms with Crippen molar-refractivity contribution < 1.29 is 18.3 Å². The fourth-order valence-corrected chi connectivity index (χ4v) is 3.49. The smallest absolute Gasteiger partial charge is 0.387 e. The van der Waals surface area contributed by atoms with E-state index in [4.69, 9.17) is 4.74 Å². The van der Waals surface area contributed by atoms with E-state index < -0.39 is 6.61 Å². The van der Waals surface area contributed by atoms with Crippen LogP contribution in [0.2, 0.25) is 0 Å². The van der Waals surface area contributed by atoms with Gasteiger partial charge < -0.3 is 25.0 Å². The van der Waals surface area contributed by atoms with Crippen LogP contribution in [0.3, 0.4) is 0 Å². The number of hydrogen-bond acceptors (Lipinski definition) is 4. The molecule has 2 aromatic carbocycles. The molecule has 31 heavy (non-hydrogen) atoms. The highest BCUT2D eigenvalue weighted by atomic mass is 127. The molecule has 1 aliphatic rings. The molecule has 1 unspecified atom stereocenters. The SMILES string of the molecule is CCNC(=NCc1cccc(OC(F)F)c1)NC1CCN(c2ccccc2OC)C1.I. The minimum Gasteiger partial charge on any atom is -0.495 e. The number of hydrogen-bond donors (Lipinski definition) is 2. The van der Waals surface area contributed by atoms with Crippen LogP contribution in [0.15, 0.2) is 53.5 Å². The van der Waals surface area contributed by atoms with Gasteiger partial charge in [-0.3, -0.25) is 0 Å². The predicted octanol–water partition coefficient (Wildman–Crippen LogP) is 4.25. The van der Waals surface area contributed by atoms with Gasteiger partial charge in [0.2, 0.25) is 0 Å². The average molecular weight is 546 g/mol. The van der Waals surface area contributed by atoms with Gasteiger partial charge >= 0.3 is 6.61 Å². The zero-order valence-corrected chi connectivity index (χ0v) is 20.0. The number of guanidine groups is 1. The molecule has 0 spiro atoms. The van der Waals surface area contributed by atoms with Gasteiger partial charge in [0.05, 0.1) is 19.3 Å². The van der Waals surface area contributed by atoms with Gasteiger partial charge in [0.1, 0.15) is 11.5 Å². The quantitative estimate of drug-likeness (QED) is 0.295. The van der Waals surface area contributed by atoms with Crippen LogP contribution in [-0.2, 0) is 6.54 Å². The van der Waals surface area contributed by atoms with Gasteiger partial charge in [-0.1, -0.05) is 24.3 Å². The first-order valence-electron chi connectivity index (χ1n) is 10.1. The Hall–Kier alpha value is -2.30. The molecule has 1 fully saturated rings. The average Bonchev–Trinajstić information content (AvgIpc) is 3.20. The van der Waals surface area contributed by atoms with E-state index in [0.717, 1.165) is 43.1 Å². The summed E-state index contributed by atoms with van der Waals surface area (Å²) >= 11 is 0. The molecule has 1 atom stereocenters. The van der Waals surface area contributed by atoms with Crippen LogP contribution in [0.25, 0.3) is 0 Å². The van der Waals surface area contributed by atoms with Crippen molar-refractivity contribution in [2.75, 3.05) is 31.6 Å². The summed E-state index contributed by atoms with van der Waals surface area (Å²) in [6.45, 7) is 2.01. The Labute approximate surface area is 199 Å². The van der Waals surface area contributed by atoms with Crippen LogP contribution in [0.5, 0.6) is 11.5 Å². The van der Waals surface area contributed by atoms with E-state index in [1.165, 1.54) is 6.07 Å². The summed E-state index contributed by atoms with van der Waals surface area (Å²) in [6, 6.07) is 14.9. The van der Waals surface area contributed by atoms with Crippen molar-refractivity contribution in [3.05, 3.63) is 54.1 Å². The highest BCUT2D eigenvalue weighted by Gasteiger charge is 2.25. The van der Waals surface area contributed by atoms with E-state index in [-0.39, 0.29) is 35.8 Å². The summed E-state index contributed by atoms with van der Waals surface area (Å²) in [5.74, 6) is 1.70. The molecule has 0 saturated carbocycles. The van der Waals surface area contributed by atoms with Crippen molar-refractivity contribution in [3.63, 3.8) is 0 Å². The van der Waals surface area contributed by atoms with Crippen molar-refractivity contribution in [3.8, 4) is 11.5 Å². The number of halogens is 3. The predicted molar refractivity (Wildman–Crippen MR) is 130 cm³/mol. The lowest BCUT2D eigenvalue weighted by molar-refractivity contribution is -0.0498. The molecule has 1 aliphatic heterocycles. The summed E-state index contributed by atoms with van der Waals surface area (Å²) in [7, 11) is 1.68. The number of ether oxygens (including phenoxy) is 2. The number of nitrogens with zero attached hydrogens (tertiary/aromatic N) is 2. The van der Waals surface area contributed by atoms with E-state index in [1.807, 2.05) is 31.2 Å². The number of methoxy groups -OCH3 is 1. The Bertz CT molecular complexity index is 854. The largest absolute Gasteiger partial charge is 0.495 e. The minimum atomic E-state index is -2.84. The molecule has 1 saturated heterocycles. The maximum absolute atomic E-state index is 12.4.